The minimum Gasteiger partial charge on any atom is -0.326 e. The summed E-state index contributed by atoms with van der Waals surface area (Å²) in [5.41, 5.74) is 7.48. The van der Waals surface area contributed by atoms with Crippen LogP contribution in [0.1, 0.15) is 55.2 Å². The molecule has 1 N–H and O–H groups in total. The number of hydrogen-bond donors (Lipinski definition) is 1. The van der Waals surface area contributed by atoms with E-state index in [2.05, 4.69) is 65.0 Å². The molecule has 1 saturated heterocycles. The summed E-state index contributed by atoms with van der Waals surface area (Å²) in [6.45, 7) is 11.6. The van der Waals surface area contributed by atoms with E-state index in [1.807, 2.05) is 13.8 Å². The number of carbonyl (C=O) groups is 1. The standard InChI is InChI=1S/C28H36N4O/c1-18(2)28(33)30-24-7-6-22-14-21(15-23(22)16-24)17-31-11-9-25(10-12-31)32-20(4)29-26-13-19(3)5-8-27(26)32/h5-8,13,16,18,21,25H,9-12,14-15,17H2,1-4H3,(H,30,33)/t21-/m0/s1. The zero-order valence-electron chi connectivity index (χ0n) is 20.4. The van der Waals surface area contributed by atoms with Crippen molar-refractivity contribution in [2.24, 2.45) is 11.8 Å². The van der Waals surface area contributed by atoms with Crippen LogP contribution in [0.3, 0.4) is 0 Å². The summed E-state index contributed by atoms with van der Waals surface area (Å²) in [4.78, 5) is 19.5. The van der Waals surface area contributed by atoms with Crippen LogP contribution >= 0.6 is 0 Å². The van der Waals surface area contributed by atoms with E-state index in [1.54, 1.807) is 0 Å². The molecule has 0 bridgehead atoms. The smallest absolute Gasteiger partial charge is 0.226 e. The first-order chi connectivity index (χ1) is 15.9. The van der Waals surface area contributed by atoms with Crippen molar-refractivity contribution in [1.29, 1.82) is 0 Å². The fraction of sp³-hybridized carbons (Fsp3) is 0.500. The Bertz CT molecular complexity index is 1170. The lowest BCUT2D eigenvalue weighted by Crippen LogP contribution is -2.38. The highest BCUT2D eigenvalue weighted by atomic mass is 16.1. The van der Waals surface area contributed by atoms with E-state index in [4.69, 9.17) is 4.98 Å². The predicted molar refractivity (Wildman–Crippen MR) is 135 cm³/mol. The van der Waals surface area contributed by atoms with Crippen LogP contribution in [-0.4, -0.2) is 40.0 Å². The molecule has 1 fully saturated rings. The number of aromatic nitrogens is 2. The van der Waals surface area contributed by atoms with E-state index in [9.17, 15) is 4.79 Å². The molecule has 174 valence electrons. The molecular formula is C28H36N4O. The van der Waals surface area contributed by atoms with Crippen LogP contribution in [0.2, 0.25) is 0 Å². The van der Waals surface area contributed by atoms with Crippen molar-refractivity contribution in [3.8, 4) is 0 Å². The number of carbonyl (C=O) groups excluding carboxylic acids is 1. The van der Waals surface area contributed by atoms with Crippen molar-refractivity contribution >= 4 is 22.6 Å². The van der Waals surface area contributed by atoms with Crippen molar-refractivity contribution in [3.05, 3.63) is 58.9 Å². The molecular weight excluding hydrogens is 408 g/mol. The van der Waals surface area contributed by atoms with Gasteiger partial charge in [-0.15, -0.1) is 0 Å². The lowest BCUT2D eigenvalue weighted by molar-refractivity contribution is -0.118. The second kappa shape index (κ2) is 8.94. The van der Waals surface area contributed by atoms with Gasteiger partial charge in [0.1, 0.15) is 5.82 Å². The number of fused-ring (bicyclic) bond motifs is 2. The van der Waals surface area contributed by atoms with Gasteiger partial charge in [-0.2, -0.15) is 0 Å². The maximum atomic E-state index is 12.0. The first kappa shape index (κ1) is 22.1. The van der Waals surface area contributed by atoms with Gasteiger partial charge in [-0.1, -0.05) is 26.0 Å². The van der Waals surface area contributed by atoms with Gasteiger partial charge in [-0.05, 0) is 86.4 Å². The minimum absolute atomic E-state index is 0.00199. The third-order valence-electron chi connectivity index (χ3n) is 7.48. The third kappa shape index (κ3) is 4.56. The fourth-order valence-electron chi connectivity index (χ4n) is 5.72. The van der Waals surface area contributed by atoms with Crippen LogP contribution in [0.15, 0.2) is 36.4 Å². The molecule has 1 aromatic heterocycles. The Balaban J connectivity index is 1.18. The summed E-state index contributed by atoms with van der Waals surface area (Å²) >= 11 is 0. The predicted octanol–water partition coefficient (Wildman–Crippen LogP) is 5.30. The Labute approximate surface area is 197 Å². The van der Waals surface area contributed by atoms with E-state index in [-0.39, 0.29) is 11.8 Å². The lowest BCUT2D eigenvalue weighted by atomic mass is 10.0. The molecule has 0 saturated carbocycles. The van der Waals surface area contributed by atoms with Crippen LogP contribution in [0.5, 0.6) is 0 Å². The van der Waals surface area contributed by atoms with Gasteiger partial charge >= 0.3 is 0 Å². The molecule has 1 aliphatic heterocycles. The number of nitrogens with zero attached hydrogens (tertiary/aromatic N) is 3. The molecule has 5 heteroatoms. The highest BCUT2D eigenvalue weighted by molar-refractivity contribution is 5.92. The molecule has 1 atom stereocenters. The van der Waals surface area contributed by atoms with Crippen molar-refractivity contribution in [2.45, 2.75) is 59.4 Å². The quantitative estimate of drug-likeness (QED) is 0.581. The van der Waals surface area contributed by atoms with Gasteiger partial charge in [0.2, 0.25) is 5.91 Å². The Morgan fingerprint density at radius 1 is 1.06 bits per heavy atom. The highest BCUT2D eigenvalue weighted by Crippen LogP contribution is 2.33. The number of imidazole rings is 1. The molecule has 0 spiro atoms. The zero-order valence-corrected chi connectivity index (χ0v) is 20.4. The molecule has 0 unspecified atom stereocenters. The fourth-order valence-corrected chi connectivity index (χ4v) is 5.72. The molecule has 2 aromatic carbocycles. The van der Waals surface area contributed by atoms with Gasteiger partial charge in [0.15, 0.2) is 0 Å². The monoisotopic (exact) mass is 444 g/mol. The first-order valence-electron chi connectivity index (χ1n) is 12.5. The summed E-state index contributed by atoms with van der Waals surface area (Å²) in [5, 5.41) is 3.05. The molecule has 1 amide bonds. The number of benzene rings is 2. The largest absolute Gasteiger partial charge is 0.326 e. The average Bonchev–Trinajstić information content (AvgIpc) is 3.32. The van der Waals surface area contributed by atoms with Gasteiger partial charge in [-0.3, -0.25) is 4.79 Å². The highest BCUT2D eigenvalue weighted by Gasteiger charge is 2.28. The van der Waals surface area contributed by atoms with Crippen LogP contribution in [0.25, 0.3) is 11.0 Å². The second-order valence-corrected chi connectivity index (χ2v) is 10.5. The molecule has 3 aromatic rings. The average molecular weight is 445 g/mol. The number of anilines is 1. The van der Waals surface area contributed by atoms with Crippen molar-refractivity contribution in [3.63, 3.8) is 0 Å². The van der Waals surface area contributed by atoms with Crippen molar-refractivity contribution in [1.82, 2.24) is 14.5 Å². The van der Waals surface area contributed by atoms with Gasteiger partial charge < -0.3 is 14.8 Å². The van der Waals surface area contributed by atoms with Gasteiger partial charge in [0.05, 0.1) is 11.0 Å². The topological polar surface area (TPSA) is 50.2 Å². The van der Waals surface area contributed by atoms with E-state index >= 15 is 0 Å². The van der Waals surface area contributed by atoms with Crippen LogP contribution in [0.4, 0.5) is 5.69 Å². The number of hydrogen-bond acceptors (Lipinski definition) is 3. The van der Waals surface area contributed by atoms with Crippen molar-refractivity contribution < 1.29 is 4.79 Å². The second-order valence-electron chi connectivity index (χ2n) is 10.5. The molecule has 0 radical (unpaired) electrons. The number of amides is 1. The van der Waals surface area contributed by atoms with Crippen LogP contribution in [0, 0.1) is 25.7 Å². The van der Waals surface area contributed by atoms with Gasteiger partial charge in [0, 0.05) is 37.3 Å². The Hall–Kier alpha value is -2.66. The number of piperidine rings is 1. The van der Waals surface area contributed by atoms with E-state index < -0.39 is 0 Å². The SMILES string of the molecule is Cc1ccc2c(c1)nc(C)n2C1CCN(C[C@H]2Cc3ccc(NC(=O)C(C)C)cc3C2)CC1. The Kier molecular flexibility index (Phi) is 6.00. The third-order valence-corrected chi connectivity index (χ3v) is 7.48. The van der Waals surface area contributed by atoms with E-state index in [0.717, 1.165) is 49.5 Å². The molecule has 2 heterocycles. The summed E-state index contributed by atoms with van der Waals surface area (Å²) in [6, 6.07) is 13.7. The zero-order chi connectivity index (χ0) is 23.1. The number of likely N-dealkylation sites (tertiary alicyclic amines) is 1. The first-order valence-corrected chi connectivity index (χ1v) is 12.5. The molecule has 2 aliphatic rings. The normalized spacial score (nSPS) is 19.4. The minimum atomic E-state index is 0.00199. The molecule has 5 nitrogen and oxygen atoms in total. The Morgan fingerprint density at radius 2 is 1.82 bits per heavy atom. The summed E-state index contributed by atoms with van der Waals surface area (Å²) in [5.74, 6) is 1.90. The summed E-state index contributed by atoms with van der Waals surface area (Å²) in [6.07, 6.45) is 4.64. The number of rotatable bonds is 5. The number of nitrogens with one attached hydrogen (secondary N) is 1. The van der Waals surface area contributed by atoms with E-state index in [0.29, 0.717) is 12.0 Å². The van der Waals surface area contributed by atoms with Gasteiger partial charge in [-0.25, -0.2) is 4.98 Å². The lowest BCUT2D eigenvalue weighted by Gasteiger charge is -2.34. The van der Waals surface area contributed by atoms with E-state index in [1.165, 1.54) is 35.0 Å². The maximum Gasteiger partial charge on any atom is 0.226 e. The number of aryl methyl sites for hydroxylation is 2. The summed E-state index contributed by atoms with van der Waals surface area (Å²) < 4.78 is 2.48. The Morgan fingerprint density at radius 3 is 2.58 bits per heavy atom. The maximum absolute atomic E-state index is 12.0. The molecule has 5 rings (SSSR count). The van der Waals surface area contributed by atoms with Crippen LogP contribution < -0.4 is 5.32 Å². The van der Waals surface area contributed by atoms with Crippen molar-refractivity contribution in [2.75, 3.05) is 25.0 Å². The molecule has 33 heavy (non-hydrogen) atoms. The van der Waals surface area contributed by atoms with Gasteiger partial charge in [0.25, 0.3) is 0 Å². The molecule has 1 aliphatic carbocycles. The summed E-state index contributed by atoms with van der Waals surface area (Å²) in [7, 11) is 0. The van der Waals surface area contributed by atoms with Crippen LogP contribution in [-0.2, 0) is 17.6 Å².